The fraction of sp³-hybridized carbons (Fsp3) is 1.00. The van der Waals surface area contributed by atoms with Crippen molar-refractivity contribution in [1.82, 2.24) is 5.32 Å². The molecule has 13 heavy (non-hydrogen) atoms. The highest BCUT2D eigenvalue weighted by Crippen LogP contribution is 2.30. The maximum Gasteiger partial charge on any atom is 0.00413 e. The van der Waals surface area contributed by atoms with E-state index in [2.05, 4.69) is 19.2 Å². The van der Waals surface area contributed by atoms with Gasteiger partial charge in [0.25, 0.3) is 0 Å². The van der Waals surface area contributed by atoms with E-state index in [0.29, 0.717) is 0 Å². The van der Waals surface area contributed by atoms with Crippen molar-refractivity contribution >= 4 is 0 Å². The van der Waals surface area contributed by atoms with Gasteiger partial charge in [0.1, 0.15) is 0 Å². The molecule has 78 valence electrons. The van der Waals surface area contributed by atoms with Crippen LogP contribution >= 0.6 is 0 Å². The number of unbranched alkanes of at least 4 members (excludes halogenated alkanes) is 2. The van der Waals surface area contributed by atoms with Gasteiger partial charge >= 0.3 is 0 Å². The van der Waals surface area contributed by atoms with E-state index in [-0.39, 0.29) is 0 Å². The van der Waals surface area contributed by atoms with Crippen LogP contribution in [0.3, 0.4) is 0 Å². The van der Waals surface area contributed by atoms with Gasteiger partial charge in [0.05, 0.1) is 0 Å². The lowest BCUT2D eigenvalue weighted by molar-refractivity contribution is 0.266. The first-order chi connectivity index (χ1) is 6.33. The summed E-state index contributed by atoms with van der Waals surface area (Å²) in [7, 11) is 0. The van der Waals surface area contributed by atoms with E-state index < -0.39 is 0 Å². The molecule has 1 aliphatic rings. The summed E-state index contributed by atoms with van der Waals surface area (Å²) in [5.41, 5.74) is 0. The average molecular weight is 183 g/mol. The van der Waals surface area contributed by atoms with Crippen molar-refractivity contribution in [3.63, 3.8) is 0 Å². The predicted molar refractivity (Wildman–Crippen MR) is 58.9 cm³/mol. The summed E-state index contributed by atoms with van der Waals surface area (Å²) in [6.45, 7) is 5.82. The van der Waals surface area contributed by atoms with Crippen molar-refractivity contribution < 1.29 is 0 Å². The summed E-state index contributed by atoms with van der Waals surface area (Å²) in [6.07, 6.45) is 9.93. The van der Waals surface area contributed by atoms with Crippen molar-refractivity contribution in [1.29, 1.82) is 0 Å². The number of rotatable bonds is 7. The second kappa shape index (κ2) is 6.42. The highest BCUT2D eigenvalue weighted by atomic mass is 14.9. The van der Waals surface area contributed by atoms with Crippen molar-refractivity contribution in [2.45, 2.75) is 64.8 Å². The molecule has 0 aromatic rings. The van der Waals surface area contributed by atoms with Gasteiger partial charge in [-0.05, 0) is 32.2 Å². The SMILES string of the molecule is CCCCCNC(C)CC1CCC1. The minimum absolute atomic E-state index is 0.752. The van der Waals surface area contributed by atoms with E-state index in [1.165, 1.54) is 51.5 Å². The van der Waals surface area contributed by atoms with Crippen LogP contribution in [0.15, 0.2) is 0 Å². The Kier molecular flexibility index (Phi) is 5.45. The first-order valence-electron chi connectivity index (χ1n) is 6.06. The van der Waals surface area contributed by atoms with Crippen LogP contribution in [0.4, 0.5) is 0 Å². The molecule has 1 unspecified atom stereocenters. The molecule has 1 fully saturated rings. The molecular weight excluding hydrogens is 158 g/mol. The number of nitrogens with one attached hydrogen (secondary N) is 1. The van der Waals surface area contributed by atoms with E-state index in [1.54, 1.807) is 0 Å². The van der Waals surface area contributed by atoms with Gasteiger partial charge in [0, 0.05) is 6.04 Å². The Bertz CT molecular complexity index is 118. The molecule has 0 radical (unpaired) electrons. The zero-order valence-electron chi connectivity index (χ0n) is 9.31. The minimum atomic E-state index is 0.752. The largest absolute Gasteiger partial charge is 0.314 e. The molecule has 1 N–H and O–H groups in total. The Labute approximate surface area is 83.3 Å². The van der Waals surface area contributed by atoms with Crippen LogP contribution in [0.1, 0.15) is 58.8 Å². The van der Waals surface area contributed by atoms with Gasteiger partial charge in [-0.15, -0.1) is 0 Å². The first-order valence-corrected chi connectivity index (χ1v) is 6.06. The molecule has 1 saturated carbocycles. The summed E-state index contributed by atoms with van der Waals surface area (Å²) < 4.78 is 0. The summed E-state index contributed by atoms with van der Waals surface area (Å²) in [5.74, 6) is 1.05. The molecule has 0 spiro atoms. The maximum atomic E-state index is 3.62. The van der Waals surface area contributed by atoms with E-state index in [4.69, 9.17) is 0 Å². The van der Waals surface area contributed by atoms with Gasteiger partial charge in [-0.2, -0.15) is 0 Å². The fourth-order valence-electron chi connectivity index (χ4n) is 2.04. The van der Waals surface area contributed by atoms with Crippen molar-refractivity contribution in [3.8, 4) is 0 Å². The molecule has 0 bridgehead atoms. The molecular formula is C12H25N. The third-order valence-electron chi connectivity index (χ3n) is 3.18. The quantitative estimate of drug-likeness (QED) is 0.597. The maximum absolute atomic E-state index is 3.62. The van der Waals surface area contributed by atoms with Crippen LogP contribution in [0.2, 0.25) is 0 Å². The molecule has 0 heterocycles. The Morgan fingerprint density at radius 2 is 2.08 bits per heavy atom. The van der Waals surface area contributed by atoms with Gasteiger partial charge < -0.3 is 5.32 Å². The number of hydrogen-bond acceptors (Lipinski definition) is 1. The Balaban J connectivity index is 1.87. The molecule has 0 amide bonds. The third-order valence-corrected chi connectivity index (χ3v) is 3.18. The lowest BCUT2D eigenvalue weighted by atomic mass is 9.81. The lowest BCUT2D eigenvalue weighted by Crippen LogP contribution is -2.30. The zero-order chi connectivity index (χ0) is 9.52. The fourth-order valence-corrected chi connectivity index (χ4v) is 2.04. The topological polar surface area (TPSA) is 12.0 Å². The molecule has 1 nitrogen and oxygen atoms in total. The van der Waals surface area contributed by atoms with Crippen LogP contribution in [-0.4, -0.2) is 12.6 Å². The van der Waals surface area contributed by atoms with E-state index in [9.17, 15) is 0 Å². The highest BCUT2D eigenvalue weighted by Gasteiger charge is 2.19. The van der Waals surface area contributed by atoms with E-state index in [1.807, 2.05) is 0 Å². The summed E-state index contributed by atoms with van der Waals surface area (Å²) in [4.78, 5) is 0. The van der Waals surface area contributed by atoms with Crippen LogP contribution in [0, 0.1) is 5.92 Å². The summed E-state index contributed by atoms with van der Waals surface area (Å²) in [6, 6.07) is 0.752. The van der Waals surface area contributed by atoms with Gasteiger partial charge in [-0.3, -0.25) is 0 Å². The first kappa shape index (κ1) is 11.0. The third kappa shape index (κ3) is 4.66. The molecule has 0 aromatic carbocycles. The highest BCUT2D eigenvalue weighted by molar-refractivity contribution is 4.74. The van der Waals surface area contributed by atoms with Crippen molar-refractivity contribution in [3.05, 3.63) is 0 Å². The van der Waals surface area contributed by atoms with Crippen LogP contribution in [-0.2, 0) is 0 Å². The second-order valence-electron chi connectivity index (χ2n) is 4.59. The minimum Gasteiger partial charge on any atom is -0.314 e. The van der Waals surface area contributed by atoms with Crippen molar-refractivity contribution in [2.75, 3.05) is 6.54 Å². The molecule has 1 aliphatic carbocycles. The average Bonchev–Trinajstić information content (AvgIpc) is 2.06. The predicted octanol–water partition coefficient (Wildman–Crippen LogP) is 3.34. The molecule has 1 heteroatoms. The monoisotopic (exact) mass is 183 g/mol. The van der Waals surface area contributed by atoms with E-state index in [0.717, 1.165) is 12.0 Å². The summed E-state index contributed by atoms with van der Waals surface area (Å²) >= 11 is 0. The van der Waals surface area contributed by atoms with E-state index >= 15 is 0 Å². The Hall–Kier alpha value is -0.0400. The molecule has 0 aliphatic heterocycles. The molecule has 0 saturated heterocycles. The summed E-state index contributed by atoms with van der Waals surface area (Å²) in [5, 5.41) is 3.62. The van der Waals surface area contributed by atoms with Gasteiger partial charge in [-0.25, -0.2) is 0 Å². The standard InChI is InChI=1S/C12H25N/c1-3-4-5-9-13-11(2)10-12-7-6-8-12/h11-13H,3-10H2,1-2H3. The zero-order valence-corrected chi connectivity index (χ0v) is 9.31. The van der Waals surface area contributed by atoms with Crippen LogP contribution in [0.25, 0.3) is 0 Å². The van der Waals surface area contributed by atoms with Crippen LogP contribution < -0.4 is 5.32 Å². The van der Waals surface area contributed by atoms with Gasteiger partial charge in [0.15, 0.2) is 0 Å². The normalized spacial score (nSPS) is 19.8. The number of hydrogen-bond donors (Lipinski definition) is 1. The van der Waals surface area contributed by atoms with Gasteiger partial charge in [-0.1, -0.05) is 39.0 Å². The Morgan fingerprint density at radius 1 is 1.31 bits per heavy atom. The molecule has 1 rings (SSSR count). The second-order valence-corrected chi connectivity index (χ2v) is 4.59. The Morgan fingerprint density at radius 3 is 2.62 bits per heavy atom. The smallest absolute Gasteiger partial charge is 0.00413 e. The molecule has 0 aromatic heterocycles. The van der Waals surface area contributed by atoms with Crippen LogP contribution in [0.5, 0.6) is 0 Å². The van der Waals surface area contributed by atoms with Crippen molar-refractivity contribution in [2.24, 2.45) is 5.92 Å². The van der Waals surface area contributed by atoms with Gasteiger partial charge in [0.2, 0.25) is 0 Å². The lowest BCUT2D eigenvalue weighted by Gasteiger charge is -2.28. The molecule has 1 atom stereocenters.